The summed E-state index contributed by atoms with van der Waals surface area (Å²) in [4.78, 5) is 39.3. The molecule has 3 aromatic rings. The maximum Gasteiger partial charge on any atom is 0.349 e. The number of benzene rings is 1. The van der Waals surface area contributed by atoms with Gasteiger partial charge in [-0.2, -0.15) is 0 Å². The van der Waals surface area contributed by atoms with Crippen LogP contribution in [0.3, 0.4) is 0 Å². The molecule has 8 nitrogen and oxygen atoms in total. The number of aromatic carboxylic acids is 1. The number of aliphatic carboxylic acids is 1. The van der Waals surface area contributed by atoms with E-state index in [0.717, 1.165) is 11.3 Å². The van der Waals surface area contributed by atoms with E-state index in [1.54, 1.807) is 49.5 Å². The third kappa shape index (κ3) is 4.58. The molecule has 0 unspecified atom stereocenters. The normalized spacial score (nSPS) is 10.4. The molecular weight excluding hydrogens is 396 g/mol. The number of nitrogens with one attached hydrogen (secondary N) is 1. The second-order valence-electron chi connectivity index (χ2n) is 5.98. The van der Waals surface area contributed by atoms with Gasteiger partial charge in [-0.25, -0.2) is 9.59 Å². The monoisotopic (exact) mass is 412 g/mol. The number of nitrogens with zero attached hydrogens (tertiary/aromatic N) is 1. The lowest BCUT2D eigenvalue weighted by atomic mass is 10.1. The zero-order chi connectivity index (χ0) is 21.0. The van der Waals surface area contributed by atoms with Gasteiger partial charge in [-0.3, -0.25) is 9.78 Å². The number of thiophene rings is 1. The second-order valence-corrected chi connectivity index (χ2v) is 7.00. The van der Waals surface area contributed by atoms with Crippen LogP contribution in [0.25, 0.3) is 10.4 Å². The van der Waals surface area contributed by atoms with Crippen LogP contribution < -0.4 is 10.1 Å². The summed E-state index contributed by atoms with van der Waals surface area (Å²) in [6, 6.07) is 10.1. The molecule has 1 amide bonds. The SMILES string of the molecule is Cc1c(-c2cccc(C(=O)Nc3cccnc3)c2)sc(C(=O)O)c1OCC(=O)O. The third-order valence-electron chi connectivity index (χ3n) is 3.93. The Labute approximate surface area is 169 Å². The highest BCUT2D eigenvalue weighted by Gasteiger charge is 2.23. The molecular formula is C20H16N2O6S. The summed E-state index contributed by atoms with van der Waals surface area (Å²) in [5.41, 5.74) is 2.05. The molecule has 0 aliphatic heterocycles. The number of carbonyl (C=O) groups is 3. The van der Waals surface area contributed by atoms with Crippen molar-refractivity contribution in [3.05, 3.63) is 64.8 Å². The minimum absolute atomic E-state index is 0.0186. The zero-order valence-electron chi connectivity index (χ0n) is 15.2. The number of ether oxygens (including phenoxy) is 1. The number of aromatic nitrogens is 1. The molecule has 0 atom stereocenters. The first kappa shape index (κ1) is 20.0. The van der Waals surface area contributed by atoms with Gasteiger partial charge in [0, 0.05) is 22.2 Å². The van der Waals surface area contributed by atoms with Gasteiger partial charge in [0.05, 0.1) is 11.9 Å². The number of anilines is 1. The van der Waals surface area contributed by atoms with Crippen LogP contribution in [0, 0.1) is 6.92 Å². The van der Waals surface area contributed by atoms with Crippen molar-refractivity contribution >= 4 is 34.9 Å². The van der Waals surface area contributed by atoms with Crippen molar-refractivity contribution in [3.63, 3.8) is 0 Å². The predicted molar refractivity (Wildman–Crippen MR) is 107 cm³/mol. The van der Waals surface area contributed by atoms with Gasteiger partial charge in [-0.1, -0.05) is 12.1 Å². The average Bonchev–Trinajstić information content (AvgIpc) is 3.04. The molecule has 3 N–H and O–H groups in total. The number of hydrogen-bond acceptors (Lipinski definition) is 6. The summed E-state index contributed by atoms with van der Waals surface area (Å²) in [5, 5.41) is 21.0. The van der Waals surface area contributed by atoms with Crippen LogP contribution in [0.1, 0.15) is 25.6 Å². The van der Waals surface area contributed by atoms with Gasteiger partial charge in [0.15, 0.2) is 11.5 Å². The first-order valence-corrected chi connectivity index (χ1v) is 9.21. The van der Waals surface area contributed by atoms with Crippen LogP contribution in [0.15, 0.2) is 48.8 Å². The van der Waals surface area contributed by atoms with Gasteiger partial charge in [0.1, 0.15) is 5.75 Å². The molecule has 2 aromatic heterocycles. The fraction of sp³-hybridized carbons (Fsp3) is 0.100. The van der Waals surface area contributed by atoms with E-state index < -0.39 is 18.5 Å². The maximum atomic E-state index is 12.5. The standard InChI is InChI=1S/C20H16N2O6S/c1-11-16(28-10-15(23)24)18(20(26)27)29-17(11)12-4-2-5-13(8-12)19(25)22-14-6-3-7-21-9-14/h2-9H,10H2,1H3,(H,22,25)(H,23,24)(H,26,27). The van der Waals surface area contributed by atoms with Gasteiger partial charge in [0.2, 0.25) is 0 Å². The summed E-state index contributed by atoms with van der Waals surface area (Å²) in [5.74, 6) is -2.74. The second kappa shape index (κ2) is 8.53. The number of rotatable bonds is 7. The molecule has 2 heterocycles. The molecule has 0 bridgehead atoms. The van der Waals surface area contributed by atoms with E-state index in [9.17, 15) is 19.5 Å². The van der Waals surface area contributed by atoms with E-state index in [4.69, 9.17) is 9.84 Å². The Morgan fingerprint density at radius 2 is 1.97 bits per heavy atom. The lowest BCUT2D eigenvalue weighted by molar-refractivity contribution is -0.139. The maximum absolute atomic E-state index is 12.5. The van der Waals surface area contributed by atoms with Crippen molar-refractivity contribution < 1.29 is 29.3 Å². The number of amides is 1. The summed E-state index contributed by atoms with van der Waals surface area (Å²) in [6.45, 7) is 1.00. The minimum atomic E-state index is -1.21. The van der Waals surface area contributed by atoms with Gasteiger partial charge in [-0.05, 0) is 36.8 Å². The van der Waals surface area contributed by atoms with Crippen LogP contribution >= 0.6 is 11.3 Å². The van der Waals surface area contributed by atoms with Crippen molar-refractivity contribution in [2.75, 3.05) is 11.9 Å². The Balaban J connectivity index is 1.94. The number of carbonyl (C=O) groups excluding carboxylic acids is 1. The first-order valence-electron chi connectivity index (χ1n) is 8.40. The fourth-order valence-corrected chi connectivity index (χ4v) is 3.75. The Bertz CT molecular complexity index is 1080. The highest BCUT2D eigenvalue weighted by Crippen LogP contribution is 2.41. The lowest BCUT2D eigenvalue weighted by Gasteiger charge is -2.07. The molecule has 9 heteroatoms. The van der Waals surface area contributed by atoms with Crippen LogP contribution in [-0.2, 0) is 4.79 Å². The van der Waals surface area contributed by atoms with Crippen molar-refractivity contribution in [3.8, 4) is 16.2 Å². The topological polar surface area (TPSA) is 126 Å². The van der Waals surface area contributed by atoms with Gasteiger partial charge in [0.25, 0.3) is 5.91 Å². The van der Waals surface area contributed by atoms with E-state index in [-0.39, 0.29) is 16.5 Å². The minimum Gasteiger partial charge on any atom is -0.480 e. The molecule has 29 heavy (non-hydrogen) atoms. The van der Waals surface area contributed by atoms with E-state index in [0.29, 0.717) is 27.3 Å². The Kier molecular flexibility index (Phi) is 5.89. The van der Waals surface area contributed by atoms with Crippen molar-refractivity contribution in [1.29, 1.82) is 0 Å². The third-order valence-corrected chi connectivity index (χ3v) is 5.24. The average molecular weight is 412 g/mol. The molecule has 0 aliphatic rings. The van der Waals surface area contributed by atoms with Crippen molar-refractivity contribution in [2.24, 2.45) is 0 Å². The smallest absolute Gasteiger partial charge is 0.349 e. The highest BCUT2D eigenvalue weighted by molar-refractivity contribution is 7.18. The van der Waals surface area contributed by atoms with E-state index in [1.807, 2.05) is 0 Å². The van der Waals surface area contributed by atoms with E-state index >= 15 is 0 Å². The molecule has 0 spiro atoms. The molecule has 0 radical (unpaired) electrons. The number of carboxylic acids is 2. The quantitative estimate of drug-likeness (QED) is 0.542. The van der Waals surface area contributed by atoms with E-state index in [2.05, 4.69) is 10.3 Å². The molecule has 3 rings (SSSR count). The molecule has 0 saturated carbocycles. The molecule has 0 aliphatic carbocycles. The van der Waals surface area contributed by atoms with Gasteiger partial charge < -0.3 is 20.3 Å². The fourth-order valence-electron chi connectivity index (χ4n) is 2.66. The van der Waals surface area contributed by atoms with E-state index in [1.165, 1.54) is 6.20 Å². The summed E-state index contributed by atoms with van der Waals surface area (Å²) in [6.07, 6.45) is 3.12. The molecule has 0 fully saturated rings. The number of carboxylic acid groups (broad SMARTS) is 2. The summed E-state index contributed by atoms with van der Waals surface area (Å²) >= 11 is 0.964. The first-order chi connectivity index (χ1) is 13.9. The van der Waals surface area contributed by atoms with Gasteiger partial charge >= 0.3 is 11.9 Å². The highest BCUT2D eigenvalue weighted by atomic mass is 32.1. The van der Waals surface area contributed by atoms with Crippen molar-refractivity contribution in [1.82, 2.24) is 4.98 Å². The van der Waals surface area contributed by atoms with Crippen LogP contribution in [-0.4, -0.2) is 39.6 Å². The lowest BCUT2D eigenvalue weighted by Crippen LogP contribution is -2.12. The van der Waals surface area contributed by atoms with Crippen LogP contribution in [0.5, 0.6) is 5.75 Å². The largest absolute Gasteiger partial charge is 0.480 e. The Morgan fingerprint density at radius 1 is 1.17 bits per heavy atom. The Hall–Kier alpha value is -3.72. The van der Waals surface area contributed by atoms with Crippen molar-refractivity contribution in [2.45, 2.75) is 6.92 Å². The molecule has 1 aromatic carbocycles. The van der Waals surface area contributed by atoms with Crippen LogP contribution in [0.2, 0.25) is 0 Å². The van der Waals surface area contributed by atoms with Crippen LogP contribution in [0.4, 0.5) is 5.69 Å². The van der Waals surface area contributed by atoms with Gasteiger partial charge in [-0.15, -0.1) is 11.3 Å². The Morgan fingerprint density at radius 3 is 2.62 bits per heavy atom. The number of hydrogen-bond donors (Lipinski definition) is 3. The summed E-state index contributed by atoms with van der Waals surface area (Å²) < 4.78 is 5.19. The number of pyridine rings is 1. The zero-order valence-corrected chi connectivity index (χ0v) is 16.0. The predicted octanol–water partition coefficient (Wildman–Crippen LogP) is 3.53. The molecule has 0 saturated heterocycles. The molecule has 148 valence electrons. The summed E-state index contributed by atoms with van der Waals surface area (Å²) in [7, 11) is 0.